The molecule has 0 saturated heterocycles. The van der Waals surface area contributed by atoms with Crippen LogP contribution in [0, 0.1) is 0 Å². The average molecular weight is 316 g/mol. The second kappa shape index (κ2) is 6.52. The summed E-state index contributed by atoms with van der Waals surface area (Å²) in [5.41, 5.74) is 3.47. The van der Waals surface area contributed by atoms with Crippen LogP contribution in [0.1, 0.15) is 17.5 Å². The van der Waals surface area contributed by atoms with Crippen molar-refractivity contribution in [3.63, 3.8) is 0 Å². The highest BCUT2D eigenvalue weighted by Gasteiger charge is 2.29. The second-order valence-electron chi connectivity index (χ2n) is 5.21. The van der Waals surface area contributed by atoms with Gasteiger partial charge in [-0.15, -0.1) is 0 Å². The van der Waals surface area contributed by atoms with Gasteiger partial charge in [-0.2, -0.15) is 0 Å². The number of fused-ring (bicyclic) bond motifs is 1. The number of benzene rings is 2. The van der Waals surface area contributed by atoms with Gasteiger partial charge in [0.2, 0.25) is 5.91 Å². The first kappa shape index (κ1) is 15.1. The summed E-state index contributed by atoms with van der Waals surface area (Å²) in [5, 5.41) is 13.3. The zero-order chi connectivity index (χ0) is 15.5. The smallest absolute Gasteiger partial charge is 0.423 e. The molecule has 2 N–H and O–H groups in total. The number of anilines is 1. The summed E-state index contributed by atoms with van der Waals surface area (Å²) in [6.45, 7) is 0.418. The van der Waals surface area contributed by atoms with Crippen LogP contribution in [0.25, 0.3) is 0 Å². The van der Waals surface area contributed by atoms with Gasteiger partial charge < -0.3 is 15.0 Å². The van der Waals surface area contributed by atoms with Crippen LogP contribution in [-0.4, -0.2) is 18.0 Å². The second-order valence-corrected chi connectivity index (χ2v) is 5.64. The van der Waals surface area contributed by atoms with E-state index in [2.05, 4.69) is 5.32 Å². The van der Waals surface area contributed by atoms with E-state index in [-0.39, 0.29) is 5.91 Å². The topological polar surface area (TPSA) is 58.6 Å². The van der Waals surface area contributed by atoms with Crippen LogP contribution in [0.5, 0.6) is 0 Å². The number of aryl methyl sites for hydroxylation is 1. The van der Waals surface area contributed by atoms with Crippen molar-refractivity contribution in [2.75, 3.05) is 5.32 Å². The van der Waals surface area contributed by atoms with Gasteiger partial charge in [0.1, 0.15) is 0 Å². The number of amides is 1. The fourth-order valence-electron chi connectivity index (χ4n) is 2.58. The van der Waals surface area contributed by atoms with Crippen molar-refractivity contribution in [2.45, 2.75) is 19.4 Å². The molecule has 22 heavy (non-hydrogen) atoms. The molecule has 2 aromatic rings. The zero-order valence-electron chi connectivity index (χ0n) is 11.9. The summed E-state index contributed by atoms with van der Waals surface area (Å²) in [5.74, 6) is -0.0756. The van der Waals surface area contributed by atoms with Gasteiger partial charge in [-0.1, -0.05) is 29.8 Å². The maximum absolute atomic E-state index is 12.0. The lowest BCUT2D eigenvalue weighted by atomic mass is 9.75. The number of nitrogens with one attached hydrogen (secondary N) is 1. The van der Waals surface area contributed by atoms with Crippen molar-refractivity contribution < 1.29 is 14.5 Å². The Bertz CT molecular complexity index is 690. The minimum atomic E-state index is -0.884. The fourth-order valence-corrected chi connectivity index (χ4v) is 2.71. The Morgan fingerprint density at radius 1 is 1.27 bits per heavy atom. The molecular weight excluding hydrogens is 300 g/mol. The summed E-state index contributed by atoms with van der Waals surface area (Å²) < 4.78 is 5.22. The normalized spacial score (nSPS) is 13.1. The first-order valence-electron chi connectivity index (χ1n) is 7.09. The molecule has 0 unspecified atom stereocenters. The van der Waals surface area contributed by atoms with E-state index < -0.39 is 7.12 Å². The first-order chi connectivity index (χ1) is 10.6. The molecule has 3 rings (SSSR count). The summed E-state index contributed by atoms with van der Waals surface area (Å²) in [7, 11) is -0.884. The first-order valence-corrected chi connectivity index (χ1v) is 7.47. The Morgan fingerprint density at radius 2 is 2.05 bits per heavy atom. The number of halogens is 1. The molecule has 4 nitrogen and oxygen atoms in total. The number of carbonyl (C=O) groups is 1. The molecular formula is C16H15BClNO3. The molecule has 0 aromatic heterocycles. The van der Waals surface area contributed by atoms with Crippen molar-refractivity contribution in [2.24, 2.45) is 0 Å². The molecule has 0 aliphatic carbocycles. The quantitative estimate of drug-likeness (QED) is 0.850. The van der Waals surface area contributed by atoms with Crippen LogP contribution in [0.2, 0.25) is 5.02 Å². The Labute approximate surface area is 134 Å². The van der Waals surface area contributed by atoms with Gasteiger partial charge >= 0.3 is 7.12 Å². The van der Waals surface area contributed by atoms with Crippen LogP contribution in [0.4, 0.5) is 5.69 Å². The summed E-state index contributed by atoms with van der Waals surface area (Å²) in [6, 6.07) is 12.8. The number of hydrogen-bond acceptors (Lipinski definition) is 3. The van der Waals surface area contributed by atoms with E-state index in [0.717, 1.165) is 22.3 Å². The van der Waals surface area contributed by atoms with Gasteiger partial charge in [0.05, 0.1) is 6.61 Å². The van der Waals surface area contributed by atoms with E-state index in [1.54, 1.807) is 24.3 Å². The Morgan fingerprint density at radius 3 is 2.82 bits per heavy atom. The molecule has 6 heteroatoms. The van der Waals surface area contributed by atoms with E-state index in [0.29, 0.717) is 24.5 Å². The van der Waals surface area contributed by atoms with Crippen molar-refractivity contribution in [3.8, 4) is 0 Å². The molecule has 0 radical (unpaired) electrons. The van der Waals surface area contributed by atoms with Crippen molar-refractivity contribution >= 4 is 35.8 Å². The van der Waals surface area contributed by atoms with E-state index in [9.17, 15) is 9.82 Å². The molecule has 1 amide bonds. The third-order valence-corrected chi connectivity index (χ3v) is 3.93. The highest BCUT2D eigenvalue weighted by molar-refractivity contribution is 6.62. The maximum Gasteiger partial charge on any atom is 0.492 e. The lowest BCUT2D eigenvalue weighted by Crippen LogP contribution is -2.31. The monoisotopic (exact) mass is 315 g/mol. The van der Waals surface area contributed by atoms with Crippen molar-refractivity contribution in [1.82, 2.24) is 0 Å². The van der Waals surface area contributed by atoms with E-state index >= 15 is 0 Å². The predicted molar refractivity (Wildman–Crippen MR) is 87.2 cm³/mol. The van der Waals surface area contributed by atoms with Gasteiger partial charge in [0, 0.05) is 17.1 Å². The van der Waals surface area contributed by atoms with E-state index in [1.807, 2.05) is 18.2 Å². The minimum absolute atomic E-state index is 0.0756. The summed E-state index contributed by atoms with van der Waals surface area (Å²) >= 11 is 5.81. The third kappa shape index (κ3) is 3.33. The molecule has 0 saturated carbocycles. The molecule has 0 bridgehead atoms. The van der Waals surface area contributed by atoms with Gasteiger partial charge in [-0.05, 0) is 47.3 Å². The number of carbonyl (C=O) groups excluding carboxylic acids is 1. The van der Waals surface area contributed by atoms with Gasteiger partial charge in [0.15, 0.2) is 0 Å². The van der Waals surface area contributed by atoms with Crippen LogP contribution in [0.15, 0.2) is 42.5 Å². The standard InChI is InChI=1S/C16H15BClNO3/c18-13-5-7-14(8-6-13)19-15(20)9-4-11-2-1-3-12-10-22-17(21)16(11)12/h1-3,5-8,21H,4,9-10H2,(H,19,20). The molecule has 0 atom stereocenters. The SMILES string of the molecule is O=C(CCc1cccc2c1B(O)OC2)Nc1ccc(Cl)cc1. The fraction of sp³-hybridized carbons (Fsp3) is 0.188. The third-order valence-electron chi connectivity index (χ3n) is 3.68. The number of rotatable bonds is 4. The average Bonchev–Trinajstić information content (AvgIpc) is 2.90. The Kier molecular flexibility index (Phi) is 4.48. The molecule has 0 spiro atoms. The van der Waals surface area contributed by atoms with Gasteiger partial charge in [-0.25, -0.2) is 0 Å². The molecule has 112 valence electrons. The number of hydrogen-bond donors (Lipinski definition) is 2. The van der Waals surface area contributed by atoms with E-state index in [4.69, 9.17) is 16.3 Å². The van der Waals surface area contributed by atoms with Gasteiger partial charge in [0.25, 0.3) is 0 Å². The lowest BCUT2D eigenvalue weighted by Gasteiger charge is -2.09. The van der Waals surface area contributed by atoms with Gasteiger partial charge in [-0.3, -0.25) is 4.79 Å². The summed E-state index contributed by atoms with van der Waals surface area (Å²) in [6.07, 6.45) is 0.898. The summed E-state index contributed by atoms with van der Waals surface area (Å²) in [4.78, 5) is 12.0. The lowest BCUT2D eigenvalue weighted by molar-refractivity contribution is -0.116. The largest absolute Gasteiger partial charge is 0.492 e. The van der Waals surface area contributed by atoms with E-state index in [1.165, 1.54) is 0 Å². The predicted octanol–water partition coefficient (Wildman–Crippen LogP) is 2.13. The van der Waals surface area contributed by atoms with Crippen LogP contribution < -0.4 is 10.8 Å². The van der Waals surface area contributed by atoms with Crippen LogP contribution in [-0.2, 0) is 22.5 Å². The highest BCUT2D eigenvalue weighted by Crippen LogP contribution is 2.16. The minimum Gasteiger partial charge on any atom is -0.423 e. The van der Waals surface area contributed by atoms with Crippen molar-refractivity contribution in [3.05, 3.63) is 58.6 Å². The Balaban J connectivity index is 1.62. The van der Waals surface area contributed by atoms with Crippen molar-refractivity contribution in [1.29, 1.82) is 0 Å². The molecule has 1 aliphatic rings. The van der Waals surface area contributed by atoms with Crippen LogP contribution >= 0.6 is 11.6 Å². The molecule has 1 aliphatic heterocycles. The highest BCUT2D eigenvalue weighted by atomic mass is 35.5. The molecule has 0 fully saturated rings. The molecule has 2 aromatic carbocycles. The Hall–Kier alpha value is -1.82. The molecule has 1 heterocycles. The van der Waals surface area contributed by atoms with Crippen LogP contribution in [0.3, 0.4) is 0 Å². The maximum atomic E-state index is 12.0. The zero-order valence-corrected chi connectivity index (χ0v) is 12.6.